The van der Waals surface area contributed by atoms with Crippen LogP contribution in [0.5, 0.6) is 17.4 Å². The molecule has 0 amide bonds. The van der Waals surface area contributed by atoms with Gasteiger partial charge in [-0.2, -0.15) is 0 Å². The van der Waals surface area contributed by atoms with E-state index < -0.39 is 0 Å². The highest BCUT2D eigenvalue weighted by Crippen LogP contribution is 2.34. The second kappa shape index (κ2) is 6.75. The fourth-order valence-corrected chi connectivity index (χ4v) is 2.39. The van der Waals surface area contributed by atoms with E-state index in [4.69, 9.17) is 26.8 Å². The molecule has 0 aliphatic carbocycles. The van der Waals surface area contributed by atoms with E-state index in [0.29, 0.717) is 34.7 Å². The van der Waals surface area contributed by atoms with Gasteiger partial charge in [0.25, 0.3) is 0 Å². The number of aromatic nitrogens is 1. The number of rotatable bonds is 5. The van der Waals surface area contributed by atoms with Crippen molar-refractivity contribution >= 4 is 28.2 Å². The lowest BCUT2D eigenvalue weighted by Crippen LogP contribution is -1.99. The van der Waals surface area contributed by atoms with Crippen LogP contribution in [0.15, 0.2) is 48.5 Å². The summed E-state index contributed by atoms with van der Waals surface area (Å²) < 4.78 is 11.6. The number of nitrogens with zero attached hydrogens (tertiary/aromatic N) is 1. The van der Waals surface area contributed by atoms with Gasteiger partial charge in [0.1, 0.15) is 11.5 Å². The molecular formula is C18H17ClN2O2. The van der Waals surface area contributed by atoms with Crippen molar-refractivity contribution in [1.29, 1.82) is 0 Å². The van der Waals surface area contributed by atoms with E-state index in [0.717, 1.165) is 17.3 Å². The maximum Gasteiger partial charge on any atom is 0.223 e. The molecule has 118 valence electrons. The average Bonchev–Trinajstić information content (AvgIpc) is 2.55. The first kappa shape index (κ1) is 15.4. The fourth-order valence-electron chi connectivity index (χ4n) is 2.21. The molecule has 0 aliphatic heterocycles. The molecular weight excluding hydrogens is 312 g/mol. The number of nitrogens with two attached hydrogens (primary N) is 1. The Labute approximate surface area is 139 Å². The van der Waals surface area contributed by atoms with Gasteiger partial charge in [-0.25, -0.2) is 4.98 Å². The quantitative estimate of drug-likeness (QED) is 0.666. The summed E-state index contributed by atoms with van der Waals surface area (Å²) in [7, 11) is 0. The predicted octanol–water partition coefficient (Wildman–Crippen LogP) is 5.05. The Morgan fingerprint density at radius 1 is 1.09 bits per heavy atom. The molecule has 23 heavy (non-hydrogen) atoms. The van der Waals surface area contributed by atoms with Crippen molar-refractivity contribution in [2.45, 2.75) is 13.3 Å². The Hall–Kier alpha value is -2.46. The van der Waals surface area contributed by atoms with E-state index >= 15 is 0 Å². The fraction of sp³-hybridized carbons (Fsp3) is 0.167. The zero-order chi connectivity index (χ0) is 16.2. The molecule has 2 aromatic carbocycles. The van der Waals surface area contributed by atoms with Crippen LogP contribution in [0.1, 0.15) is 13.3 Å². The lowest BCUT2D eigenvalue weighted by atomic mass is 10.2. The molecule has 2 N–H and O–H groups in total. The van der Waals surface area contributed by atoms with Crippen LogP contribution in [-0.4, -0.2) is 11.6 Å². The molecule has 0 spiro atoms. The standard InChI is InChI=1S/C18H17ClN2O2/c1-2-9-22-17-11-18(23-16-6-4-3-5-14(16)19)21-15-8-7-12(20)10-13(15)17/h3-8,10-11H,2,9,20H2,1H3. The number of ether oxygens (including phenoxy) is 2. The van der Waals surface area contributed by atoms with Crippen LogP contribution < -0.4 is 15.2 Å². The largest absolute Gasteiger partial charge is 0.493 e. The maximum atomic E-state index is 6.14. The molecule has 0 saturated carbocycles. The number of nitrogen functional groups attached to an aromatic ring is 1. The smallest absolute Gasteiger partial charge is 0.223 e. The number of pyridine rings is 1. The molecule has 5 heteroatoms. The van der Waals surface area contributed by atoms with E-state index in [9.17, 15) is 0 Å². The first-order chi connectivity index (χ1) is 11.2. The minimum atomic E-state index is 0.432. The molecule has 0 bridgehead atoms. The second-order valence-corrected chi connectivity index (χ2v) is 5.52. The van der Waals surface area contributed by atoms with E-state index in [2.05, 4.69) is 11.9 Å². The van der Waals surface area contributed by atoms with Gasteiger partial charge in [-0.15, -0.1) is 0 Å². The van der Waals surface area contributed by atoms with Crippen molar-refractivity contribution < 1.29 is 9.47 Å². The molecule has 3 rings (SSSR count). The Kier molecular flexibility index (Phi) is 4.53. The first-order valence-corrected chi connectivity index (χ1v) is 7.80. The third-order valence-electron chi connectivity index (χ3n) is 3.28. The normalized spacial score (nSPS) is 10.7. The molecule has 3 aromatic rings. The van der Waals surface area contributed by atoms with E-state index in [1.165, 1.54) is 0 Å². The van der Waals surface area contributed by atoms with Gasteiger partial charge in [0, 0.05) is 17.1 Å². The number of benzene rings is 2. The summed E-state index contributed by atoms with van der Waals surface area (Å²) in [6.45, 7) is 2.67. The minimum Gasteiger partial charge on any atom is -0.493 e. The van der Waals surface area contributed by atoms with Gasteiger partial charge < -0.3 is 15.2 Å². The van der Waals surface area contributed by atoms with Crippen molar-refractivity contribution in [3.63, 3.8) is 0 Å². The van der Waals surface area contributed by atoms with Crippen LogP contribution in [0.2, 0.25) is 5.02 Å². The van der Waals surface area contributed by atoms with Crippen molar-refractivity contribution in [2.75, 3.05) is 12.3 Å². The third kappa shape index (κ3) is 3.48. The van der Waals surface area contributed by atoms with Gasteiger partial charge in [0.15, 0.2) is 0 Å². The number of hydrogen-bond donors (Lipinski definition) is 1. The molecule has 0 unspecified atom stereocenters. The van der Waals surface area contributed by atoms with Crippen molar-refractivity contribution in [2.24, 2.45) is 0 Å². The molecule has 0 radical (unpaired) electrons. The van der Waals surface area contributed by atoms with Crippen LogP contribution in [-0.2, 0) is 0 Å². The van der Waals surface area contributed by atoms with Crippen molar-refractivity contribution in [3.05, 3.63) is 53.6 Å². The van der Waals surface area contributed by atoms with Crippen LogP contribution >= 0.6 is 11.6 Å². The van der Waals surface area contributed by atoms with Gasteiger partial charge >= 0.3 is 0 Å². The minimum absolute atomic E-state index is 0.432. The highest BCUT2D eigenvalue weighted by Gasteiger charge is 2.10. The van der Waals surface area contributed by atoms with Crippen LogP contribution in [0.25, 0.3) is 10.9 Å². The predicted molar refractivity (Wildman–Crippen MR) is 93.5 cm³/mol. The summed E-state index contributed by atoms with van der Waals surface area (Å²) in [6, 6.07) is 14.5. The molecule has 0 fully saturated rings. The first-order valence-electron chi connectivity index (χ1n) is 7.43. The molecule has 0 aliphatic rings. The van der Waals surface area contributed by atoms with Gasteiger partial charge in [-0.1, -0.05) is 30.7 Å². The third-order valence-corrected chi connectivity index (χ3v) is 3.60. The Bertz CT molecular complexity index is 836. The number of hydrogen-bond acceptors (Lipinski definition) is 4. The van der Waals surface area contributed by atoms with Crippen molar-refractivity contribution in [1.82, 2.24) is 4.98 Å². The van der Waals surface area contributed by atoms with Gasteiger partial charge in [-0.05, 0) is 36.8 Å². The van der Waals surface area contributed by atoms with E-state index in [1.807, 2.05) is 24.3 Å². The molecule has 0 atom stereocenters. The molecule has 1 heterocycles. The van der Waals surface area contributed by atoms with Crippen LogP contribution in [0.3, 0.4) is 0 Å². The Morgan fingerprint density at radius 2 is 1.91 bits per heavy atom. The van der Waals surface area contributed by atoms with Crippen LogP contribution in [0.4, 0.5) is 5.69 Å². The summed E-state index contributed by atoms with van der Waals surface area (Å²) in [5, 5.41) is 1.40. The van der Waals surface area contributed by atoms with Gasteiger partial charge in [-0.3, -0.25) is 0 Å². The number of halogens is 1. The topological polar surface area (TPSA) is 57.4 Å². The SMILES string of the molecule is CCCOc1cc(Oc2ccccc2Cl)nc2ccc(N)cc12. The van der Waals surface area contributed by atoms with E-state index in [1.54, 1.807) is 24.3 Å². The lowest BCUT2D eigenvalue weighted by molar-refractivity contribution is 0.319. The summed E-state index contributed by atoms with van der Waals surface area (Å²) in [4.78, 5) is 4.51. The number of anilines is 1. The number of para-hydroxylation sites is 1. The lowest BCUT2D eigenvalue weighted by Gasteiger charge is -2.12. The number of fused-ring (bicyclic) bond motifs is 1. The summed E-state index contributed by atoms with van der Waals surface area (Å²) in [6.07, 6.45) is 0.910. The molecule has 4 nitrogen and oxygen atoms in total. The maximum absolute atomic E-state index is 6.14. The summed E-state index contributed by atoms with van der Waals surface area (Å²) in [5.74, 6) is 1.69. The molecule has 0 saturated heterocycles. The highest BCUT2D eigenvalue weighted by atomic mass is 35.5. The Morgan fingerprint density at radius 3 is 2.70 bits per heavy atom. The highest BCUT2D eigenvalue weighted by molar-refractivity contribution is 6.32. The molecule has 1 aromatic heterocycles. The van der Waals surface area contributed by atoms with Crippen LogP contribution in [0, 0.1) is 0 Å². The van der Waals surface area contributed by atoms with Crippen molar-refractivity contribution in [3.8, 4) is 17.4 Å². The van der Waals surface area contributed by atoms with Gasteiger partial charge in [0.05, 0.1) is 17.1 Å². The summed E-state index contributed by atoms with van der Waals surface area (Å²) >= 11 is 6.14. The Balaban J connectivity index is 2.04. The second-order valence-electron chi connectivity index (χ2n) is 5.12. The zero-order valence-electron chi connectivity index (χ0n) is 12.8. The van der Waals surface area contributed by atoms with E-state index in [-0.39, 0.29) is 0 Å². The van der Waals surface area contributed by atoms with Gasteiger partial charge in [0.2, 0.25) is 5.88 Å². The summed E-state index contributed by atoms with van der Waals surface area (Å²) in [5.41, 5.74) is 7.30. The average molecular weight is 329 g/mol. The zero-order valence-corrected chi connectivity index (χ0v) is 13.5. The monoisotopic (exact) mass is 328 g/mol.